The number of ketones is 1. The molecule has 0 N–H and O–H groups in total. The highest BCUT2D eigenvalue weighted by atomic mass is 16.1. The molecule has 0 bridgehead atoms. The number of likely N-dealkylation sites (tertiary alicyclic amines) is 1. The highest BCUT2D eigenvalue weighted by Crippen LogP contribution is 2.22. The van der Waals surface area contributed by atoms with E-state index in [9.17, 15) is 4.79 Å². The van der Waals surface area contributed by atoms with Crippen LogP contribution in [0.25, 0.3) is 0 Å². The summed E-state index contributed by atoms with van der Waals surface area (Å²) in [5.74, 6) is 0.465. The molecule has 0 amide bonds. The molecule has 1 aliphatic heterocycles. The predicted molar refractivity (Wildman–Crippen MR) is 107 cm³/mol. The monoisotopic (exact) mass is 343 g/mol. The molecule has 2 nitrogen and oxygen atoms in total. The number of benzene rings is 1. The van der Waals surface area contributed by atoms with Gasteiger partial charge in [0.1, 0.15) is 0 Å². The Kier molecular flexibility index (Phi) is 9.88. The first-order valence-corrected chi connectivity index (χ1v) is 10.6. The van der Waals surface area contributed by atoms with Crippen LogP contribution in [0.5, 0.6) is 0 Å². The van der Waals surface area contributed by atoms with Gasteiger partial charge in [0.2, 0.25) is 0 Å². The third-order valence-corrected chi connectivity index (χ3v) is 5.52. The smallest absolute Gasteiger partial charge is 0.151 e. The molecular formula is C23H37NO. The third-order valence-electron chi connectivity index (χ3n) is 5.52. The Hall–Kier alpha value is -1.15. The minimum Gasteiger partial charge on any atom is -0.298 e. The van der Waals surface area contributed by atoms with Crippen LogP contribution in [0.15, 0.2) is 30.3 Å². The summed E-state index contributed by atoms with van der Waals surface area (Å²) >= 11 is 0. The maximum absolute atomic E-state index is 12.2. The number of carbonyl (C=O) groups is 1. The molecule has 1 aromatic carbocycles. The average Bonchev–Trinajstić information content (AvgIpc) is 2.97. The molecule has 25 heavy (non-hydrogen) atoms. The average molecular weight is 344 g/mol. The van der Waals surface area contributed by atoms with Gasteiger partial charge in [0, 0.05) is 19.5 Å². The molecular weight excluding hydrogens is 306 g/mol. The van der Waals surface area contributed by atoms with Crippen molar-refractivity contribution in [1.29, 1.82) is 0 Å². The van der Waals surface area contributed by atoms with Crippen molar-refractivity contribution in [3.05, 3.63) is 35.9 Å². The van der Waals surface area contributed by atoms with Crippen molar-refractivity contribution >= 4 is 5.78 Å². The Morgan fingerprint density at radius 3 is 2.12 bits per heavy atom. The minimum atomic E-state index is 0.175. The molecule has 140 valence electrons. The predicted octanol–water partition coefficient (Wildman–Crippen LogP) is 6.14. The largest absolute Gasteiger partial charge is 0.298 e. The van der Waals surface area contributed by atoms with Crippen molar-refractivity contribution in [3.8, 4) is 0 Å². The van der Waals surface area contributed by atoms with Gasteiger partial charge in [-0.05, 0) is 12.0 Å². The molecule has 2 rings (SSSR count). The van der Waals surface area contributed by atoms with Crippen LogP contribution >= 0.6 is 0 Å². The van der Waals surface area contributed by atoms with Gasteiger partial charge in [-0.2, -0.15) is 0 Å². The number of carbonyl (C=O) groups excluding carboxylic acids is 1. The summed E-state index contributed by atoms with van der Waals surface area (Å²) in [6.07, 6.45) is 15.4. The van der Waals surface area contributed by atoms with Crippen LogP contribution in [0.1, 0.15) is 89.5 Å². The summed E-state index contributed by atoms with van der Waals surface area (Å²) in [5.41, 5.74) is 1.32. The zero-order chi connectivity index (χ0) is 17.7. The standard InChI is InChI=1S/C23H37NO/c1-2-3-4-5-6-7-8-9-10-14-17-22-23(25)18-19-24(22)20-21-15-12-11-13-16-21/h11-13,15-16,22H,2-10,14,17-20H2,1H3. The lowest BCUT2D eigenvalue weighted by molar-refractivity contribution is -0.120. The fraction of sp³-hybridized carbons (Fsp3) is 0.696. The molecule has 1 fully saturated rings. The second kappa shape index (κ2) is 12.2. The van der Waals surface area contributed by atoms with E-state index < -0.39 is 0 Å². The van der Waals surface area contributed by atoms with Crippen LogP contribution in [-0.4, -0.2) is 23.3 Å². The Balaban J connectivity index is 1.56. The second-order valence-electron chi connectivity index (χ2n) is 7.66. The number of rotatable bonds is 13. The number of nitrogens with zero attached hydrogens (tertiary/aromatic N) is 1. The Morgan fingerprint density at radius 2 is 1.48 bits per heavy atom. The van der Waals surface area contributed by atoms with Gasteiger partial charge >= 0.3 is 0 Å². The lowest BCUT2D eigenvalue weighted by Crippen LogP contribution is -2.32. The van der Waals surface area contributed by atoms with Gasteiger partial charge in [-0.15, -0.1) is 0 Å². The quantitative estimate of drug-likeness (QED) is 0.401. The lowest BCUT2D eigenvalue weighted by atomic mass is 10.0. The van der Waals surface area contributed by atoms with E-state index in [-0.39, 0.29) is 6.04 Å². The topological polar surface area (TPSA) is 20.3 Å². The molecule has 0 saturated carbocycles. The van der Waals surface area contributed by atoms with Crippen LogP contribution in [-0.2, 0) is 11.3 Å². The van der Waals surface area contributed by atoms with E-state index in [0.717, 1.165) is 25.9 Å². The summed E-state index contributed by atoms with van der Waals surface area (Å²) < 4.78 is 0. The summed E-state index contributed by atoms with van der Waals surface area (Å²) in [7, 11) is 0. The van der Waals surface area contributed by atoms with Crippen molar-refractivity contribution in [2.24, 2.45) is 0 Å². The van der Waals surface area contributed by atoms with Crippen molar-refractivity contribution in [3.63, 3.8) is 0 Å². The van der Waals surface area contributed by atoms with Gasteiger partial charge in [-0.3, -0.25) is 9.69 Å². The van der Waals surface area contributed by atoms with Crippen LogP contribution in [0.4, 0.5) is 0 Å². The Labute approximate surface area is 155 Å². The first-order valence-electron chi connectivity index (χ1n) is 10.6. The second-order valence-corrected chi connectivity index (χ2v) is 7.66. The van der Waals surface area contributed by atoms with E-state index in [1.54, 1.807) is 0 Å². The molecule has 1 aromatic rings. The van der Waals surface area contributed by atoms with Crippen molar-refractivity contribution in [2.45, 2.75) is 96.6 Å². The Morgan fingerprint density at radius 1 is 0.880 bits per heavy atom. The molecule has 0 aromatic heterocycles. The molecule has 1 heterocycles. The van der Waals surface area contributed by atoms with E-state index in [1.165, 1.54) is 69.8 Å². The zero-order valence-electron chi connectivity index (χ0n) is 16.2. The van der Waals surface area contributed by atoms with Crippen molar-refractivity contribution in [1.82, 2.24) is 4.90 Å². The van der Waals surface area contributed by atoms with Crippen LogP contribution in [0, 0.1) is 0 Å². The number of Topliss-reactive ketones (excluding diaryl/α,β-unsaturated/α-hetero) is 1. The molecule has 1 atom stereocenters. The molecule has 1 aliphatic rings. The SMILES string of the molecule is CCCCCCCCCCCCC1C(=O)CCN1Cc1ccccc1. The van der Waals surface area contributed by atoms with Gasteiger partial charge in [-0.1, -0.05) is 101 Å². The summed E-state index contributed by atoms with van der Waals surface area (Å²) in [6, 6.07) is 10.7. The summed E-state index contributed by atoms with van der Waals surface area (Å²) in [5, 5.41) is 0. The van der Waals surface area contributed by atoms with E-state index in [2.05, 4.69) is 42.2 Å². The molecule has 0 radical (unpaired) electrons. The zero-order valence-corrected chi connectivity index (χ0v) is 16.2. The van der Waals surface area contributed by atoms with Gasteiger partial charge in [0.15, 0.2) is 5.78 Å². The third kappa shape index (κ3) is 7.73. The highest BCUT2D eigenvalue weighted by Gasteiger charge is 2.31. The number of hydrogen-bond donors (Lipinski definition) is 0. The van der Waals surface area contributed by atoms with Crippen molar-refractivity contribution in [2.75, 3.05) is 6.54 Å². The first kappa shape index (κ1) is 20.2. The normalized spacial score (nSPS) is 18.1. The number of unbranched alkanes of at least 4 members (excludes halogenated alkanes) is 9. The van der Waals surface area contributed by atoms with Crippen LogP contribution in [0.2, 0.25) is 0 Å². The van der Waals surface area contributed by atoms with Gasteiger partial charge < -0.3 is 0 Å². The summed E-state index contributed by atoms with van der Waals surface area (Å²) in [6.45, 7) is 4.14. The summed E-state index contributed by atoms with van der Waals surface area (Å²) in [4.78, 5) is 14.6. The van der Waals surface area contributed by atoms with Gasteiger partial charge in [-0.25, -0.2) is 0 Å². The van der Waals surface area contributed by atoms with Gasteiger partial charge in [0.05, 0.1) is 6.04 Å². The molecule has 0 aliphatic carbocycles. The van der Waals surface area contributed by atoms with E-state index in [1.807, 2.05) is 0 Å². The van der Waals surface area contributed by atoms with Crippen LogP contribution < -0.4 is 0 Å². The van der Waals surface area contributed by atoms with Crippen molar-refractivity contribution < 1.29 is 4.79 Å². The van der Waals surface area contributed by atoms with E-state index >= 15 is 0 Å². The maximum atomic E-state index is 12.2. The van der Waals surface area contributed by atoms with E-state index in [4.69, 9.17) is 0 Å². The van der Waals surface area contributed by atoms with Gasteiger partial charge in [0.25, 0.3) is 0 Å². The molecule has 0 spiro atoms. The lowest BCUT2D eigenvalue weighted by Gasteiger charge is -2.23. The van der Waals surface area contributed by atoms with E-state index in [0.29, 0.717) is 5.78 Å². The number of hydrogen-bond acceptors (Lipinski definition) is 2. The minimum absolute atomic E-state index is 0.175. The molecule has 2 heteroatoms. The molecule has 1 unspecified atom stereocenters. The fourth-order valence-electron chi connectivity index (χ4n) is 3.96. The Bertz CT molecular complexity index is 470. The maximum Gasteiger partial charge on any atom is 0.151 e. The fourth-order valence-corrected chi connectivity index (χ4v) is 3.96. The van der Waals surface area contributed by atoms with Crippen LogP contribution in [0.3, 0.4) is 0 Å². The highest BCUT2D eigenvalue weighted by molar-refractivity contribution is 5.86. The molecule has 1 saturated heterocycles. The first-order chi connectivity index (χ1) is 12.3.